The Labute approximate surface area is 74.7 Å². The third-order valence-electron chi connectivity index (χ3n) is 1.85. The summed E-state index contributed by atoms with van der Waals surface area (Å²) in [5.41, 5.74) is 0. The molecule has 4 heteroatoms. The number of hydrogen-bond acceptors (Lipinski definition) is 3. The number of sulfone groups is 1. The lowest BCUT2D eigenvalue weighted by molar-refractivity contribution is 0.214. The Balaban J connectivity index is 3.73. The van der Waals surface area contributed by atoms with E-state index in [4.69, 9.17) is 5.11 Å². The maximum atomic E-state index is 10.8. The molecule has 0 spiro atoms. The molecule has 0 aliphatic carbocycles. The molecule has 0 saturated heterocycles. The molecule has 0 fully saturated rings. The van der Waals surface area contributed by atoms with Crippen molar-refractivity contribution < 1.29 is 13.5 Å². The average Bonchev–Trinajstić information content (AvgIpc) is 1.96. The highest BCUT2D eigenvalue weighted by Gasteiger charge is 2.10. The Morgan fingerprint density at radius 1 is 1.33 bits per heavy atom. The van der Waals surface area contributed by atoms with Gasteiger partial charge in [0, 0.05) is 12.9 Å². The smallest absolute Gasteiger partial charge is 0.147 e. The van der Waals surface area contributed by atoms with Crippen LogP contribution in [0.1, 0.15) is 26.2 Å². The molecule has 12 heavy (non-hydrogen) atoms. The summed E-state index contributed by atoms with van der Waals surface area (Å²) < 4.78 is 21.5. The predicted octanol–water partition coefficient (Wildman–Crippen LogP) is 0.830. The first kappa shape index (κ1) is 11.9. The topological polar surface area (TPSA) is 54.4 Å². The average molecular weight is 194 g/mol. The zero-order valence-electron chi connectivity index (χ0n) is 7.78. The van der Waals surface area contributed by atoms with Crippen LogP contribution in [0.4, 0.5) is 0 Å². The summed E-state index contributed by atoms with van der Waals surface area (Å²) in [5, 5.41) is 8.86. The number of aliphatic hydroxyl groups is 1. The third kappa shape index (κ3) is 6.61. The van der Waals surface area contributed by atoms with Gasteiger partial charge < -0.3 is 5.11 Å². The molecule has 0 rings (SSSR count). The largest absolute Gasteiger partial charge is 0.396 e. The van der Waals surface area contributed by atoms with Gasteiger partial charge in [0.1, 0.15) is 9.84 Å². The Morgan fingerprint density at radius 2 is 1.92 bits per heavy atom. The number of rotatable bonds is 6. The number of hydrogen-bond donors (Lipinski definition) is 1. The van der Waals surface area contributed by atoms with Crippen molar-refractivity contribution in [2.75, 3.05) is 18.6 Å². The maximum absolute atomic E-state index is 10.8. The van der Waals surface area contributed by atoms with Gasteiger partial charge in [0.2, 0.25) is 0 Å². The second-order valence-electron chi connectivity index (χ2n) is 3.26. The minimum atomic E-state index is -2.86. The van der Waals surface area contributed by atoms with Crippen LogP contribution in [0.3, 0.4) is 0 Å². The highest BCUT2D eigenvalue weighted by atomic mass is 32.2. The standard InChI is InChI=1S/C8H18O3S/c1-3-4-8(7-9)5-6-12(2,10)11/h8-9H,3-7H2,1-2H3. The third-order valence-corrected chi connectivity index (χ3v) is 2.83. The van der Waals surface area contributed by atoms with E-state index in [9.17, 15) is 8.42 Å². The molecule has 1 atom stereocenters. The second-order valence-corrected chi connectivity index (χ2v) is 5.52. The van der Waals surface area contributed by atoms with Gasteiger partial charge >= 0.3 is 0 Å². The van der Waals surface area contributed by atoms with E-state index in [0.717, 1.165) is 12.8 Å². The highest BCUT2D eigenvalue weighted by Crippen LogP contribution is 2.10. The van der Waals surface area contributed by atoms with Crippen LogP contribution >= 0.6 is 0 Å². The normalized spacial score (nSPS) is 14.6. The van der Waals surface area contributed by atoms with Gasteiger partial charge in [-0.1, -0.05) is 13.3 Å². The van der Waals surface area contributed by atoms with E-state index in [-0.39, 0.29) is 18.3 Å². The van der Waals surface area contributed by atoms with E-state index in [1.807, 2.05) is 6.92 Å². The molecule has 3 nitrogen and oxygen atoms in total. The van der Waals surface area contributed by atoms with Crippen molar-refractivity contribution in [3.63, 3.8) is 0 Å². The summed E-state index contributed by atoms with van der Waals surface area (Å²) in [5.74, 6) is 0.350. The summed E-state index contributed by atoms with van der Waals surface area (Å²) in [7, 11) is -2.86. The molecule has 0 heterocycles. The van der Waals surface area contributed by atoms with Gasteiger partial charge in [-0.2, -0.15) is 0 Å². The van der Waals surface area contributed by atoms with Crippen LogP contribution in [-0.2, 0) is 9.84 Å². The van der Waals surface area contributed by atoms with Gasteiger partial charge in [-0.15, -0.1) is 0 Å². The molecular formula is C8H18O3S. The molecule has 1 N–H and O–H groups in total. The predicted molar refractivity (Wildman–Crippen MR) is 49.8 cm³/mol. The Bertz CT molecular complexity index is 196. The fourth-order valence-electron chi connectivity index (χ4n) is 1.12. The summed E-state index contributed by atoms with van der Waals surface area (Å²) >= 11 is 0. The lowest BCUT2D eigenvalue weighted by atomic mass is 10.0. The van der Waals surface area contributed by atoms with Gasteiger partial charge in [0.15, 0.2) is 0 Å². The molecular weight excluding hydrogens is 176 g/mol. The molecule has 0 saturated carbocycles. The minimum Gasteiger partial charge on any atom is -0.396 e. The zero-order valence-corrected chi connectivity index (χ0v) is 8.60. The van der Waals surface area contributed by atoms with Gasteiger partial charge in [0.05, 0.1) is 5.75 Å². The molecule has 0 aliphatic rings. The molecule has 0 aromatic carbocycles. The molecule has 0 aromatic heterocycles. The molecule has 1 unspecified atom stereocenters. The van der Waals surface area contributed by atoms with Gasteiger partial charge in [0.25, 0.3) is 0 Å². The highest BCUT2D eigenvalue weighted by molar-refractivity contribution is 7.90. The lowest BCUT2D eigenvalue weighted by Crippen LogP contribution is -2.12. The van der Waals surface area contributed by atoms with Crippen molar-refractivity contribution in [3.05, 3.63) is 0 Å². The van der Waals surface area contributed by atoms with Gasteiger partial charge in [-0.3, -0.25) is 0 Å². The lowest BCUT2D eigenvalue weighted by Gasteiger charge is -2.11. The summed E-state index contributed by atoms with van der Waals surface area (Å²) in [6.07, 6.45) is 3.72. The van der Waals surface area contributed by atoms with Crippen LogP contribution in [-0.4, -0.2) is 32.1 Å². The fraction of sp³-hybridized carbons (Fsp3) is 1.00. The molecule has 0 amide bonds. The van der Waals surface area contributed by atoms with Crippen LogP contribution in [0, 0.1) is 5.92 Å². The van der Waals surface area contributed by atoms with Crippen LogP contribution in [0.15, 0.2) is 0 Å². The molecule has 0 aromatic rings. The van der Waals surface area contributed by atoms with E-state index in [2.05, 4.69) is 0 Å². The van der Waals surface area contributed by atoms with Crippen molar-refractivity contribution in [1.29, 1.82) is 0 Å². The first-order valence-corrected chi connectivity index (χ1v) is 6.34. The van der Waals surface area contributed by atoms with Crippen molar-refractivity contribution in [1.82, 2.24) is 0 Å². The molecule has 0 bridgehead atoms. The summed E-state index contributed by atoms with van der Waals surface area (Å²) in [4.78, 5) is 0. The van der Waals surface area contributed by atoms with Crippen molar-refractivity contribution in [2.45, 2.75) is 26.2 Å². The molecule has 0 aliphatic heterocycles. The molecule has 74 valence electrons. The SMILES string of the molecule is CCCC(CO)CCS(C)(=O)=O. The monoisotopic (exact) mass is 194 g/mol. The van der Waals surface area contributed by atoms with Crippen LogP contribution < -0.4 is 0 Å². The van der Waals surface area contributed by atoms with E-state index >= 15 is 0 Å². The van der Waals surface area contributed by atoms with Crippen molar-refractivity contribution in [3.8, 4) is 0 Å². The Morgan fingerprint density at radius 3 is 2.25 bits per heavy atom. The Hall–Kier alpha value is -0.0900. The minimum absolute atomic E-state index is 0.101. The van der Waals surface area contributed by atoms with E-state index in [1.165, 1.54) is 6.26 Å². The quantitative estimate of drug-likeness (QED) is 0.681. The van der Waals surface area contributed by atoms with E-state index < -0.39 is 9.84 Å². The summed E-state index contributed by atoms with van der Waals surface area (Å²) in [6, 6.07) is 0. The van der Waals surface area contributed by atoms with Crippen LogP contribution in [0.2, 0.25) is 0 Å². The molecule has 0 radical (unpaired) electrons. The Kier molecular flexibility index (Phi) is 5.50. The van der Waals surface area contributed by atoms with E-state index in [1.54, 1.807) is 0 Å². The first-order chi connectivity index (χ1) is 5.49. The maximum Gasteiger partial charge on any atom is 0.147 e. The van der Waals surface area contributed by atoms with Crippen molar-refractivity contribution >= 4 is 9.84 Å². The number of aliphatic hydroxyl groups excluding tert-OH is 1. The first-order valence-electron chi connectivity index (χ1n) is 4.28. The van der Waals surface area contributed by atoms with E-state index in [0.29, 0.717) is 6.42 Å². The van der Waals surface area contributed by atoms with Crippen molar-refractivity contribution in [2.24, 2.45) is 5.92 Å². The van der Waals surface area contributed by atoms with Crippen LogP contribution in [0.25, 0.3) is 0 Å². The van der Waals surface area contributed by atoms with Gasteiger partial charge in [-0.25, -0.2) is 8.42 Å². The van der Waals surface area contributed by atoms with Crippen LogP contribution in [0.5, 0.6) is 0 Å². The zero-order chi connectivity index (χ0) is 9.61. The fourth-order valence-corrected chi connectivity index (χ4v) is 1.88. The summed E-state index contributed by atoms with van der Waals surface area (Å²) in [6.45, 7) is 2.13. The second kappa shape index (κ2) is 5.54. The van der Waals surface area contributed by atoms with Gasteiger partial charge in [-0.05, 0) is 18.8 Å².